The molecule has 0 aromatic rings. The fourth-order valence-electron chi connectivity index (χ4n) is 2.66. The molecule has 2 fully saturated rings. The molecule has 0 aromatic heterocycles. The number of carbonyl (C=O) groups is 1. The van der Waals surface area contributed by atoms with Gasteiger partial charge in [0.1, 0.15) is 12.4 Å². The smallest absolute Gasteiger partial charge is 0.148 e. The van der Waals surface area contributed by atoms with Gasteiger partial charge < -0.3 is 9.53 Å². The highest BCUT2D eigenvalue weighted by Gasteiger charge is 2.50. The first-order chi connectivity index (χ1) is 6.15. The van der Waals surface area contributed by atoms with Crippen molar-refractivity contribution in [3.05, 3.63) is 0 Å². The van der Waals surface area contributed by atoms with Crippen LogP contribution in [0.5, 0.6) is 0 Å². The van der Waals surface area contributed by atoms with Crippen LogP contribution in [0.25, 0.3) is 0 Å². The second kappa shape index (κ2) is 3.09. The lowest BCUT2D eigenvalue weighted by Crippen LogP contribution is -2.41. The Morgan fingerprint density at radius 2 is 2.23 bits per heavy atom. The summed E-state index contributed by atoms with van der Waals surface area (Å²) in [5, 5.41) is 0. The van der Waals surface area contributed by atoms with Gasteiger partial charge in [-0.05, 0) is 44.4 Å². The monoisotopic (exact) mass is 182 g/mol. The predicted molar refractivity (Wildman–Crippen MR) is 50.5 cm³/mol. The Morgan fingerprint density at radius 1 is 1.54 bits per heavy atom. The first kappa shape index (κ1) is 9.20. The lowest BCUT2D eigenvalue weighted by Gasteiger charge is -2.37. The molecule has 1 saturated heterocycles. The second-order valence-corrected chi connectivity index (χ2v) is 4.82. The molecule has 2 nitrogen and oxygen atoms in total. The SMILES string of the molecule is CC1CC1C1(C)CCCC(C=O)O1. The fraction of sp³-hybridized carbons (Fsp3) is 0.909. The van der Waals surface area contributed by atoms with Gasteiger partial charge in [0.05, 0.1) is 5.60 Å². The van der Waals surface area contributed by atoms with E-state index in [1.165, 1.54) is 6.42 Å². The van der Waals surface area contributed by atoms with Crippen molar-refractivity contribution in [3.8, 4) is 0 Å². The van der Waals surface area contributed by atoms with E-state index >= 15 is 0 Å². The van der Waals surface area contributed by atoms with Crippen molar-refractivity contribution in [2.24, 2.45) is 11.8 Å². The van der Waals surface area contributed by atoms with Crippen LogP contribution in [0, 0.1) is 11.8 Å². The van der Waals surface area contributed by atoms with E-state index in [-0.39, 0.29) is 11.7 Å². The summed E-state index contributed by atoms with van der Waals surface area (Å²) >= 11 is 0. The number of rotatable bonds is 2. The van der Waals surface area contributed by atoms with Crippen LogP contribution in [-0.2, 0) is 9.53 Å². The first-order valence-electron chi connectivity index (χ1n) is 5.29. The van der Waals surface area contributed by atoms with Gasteiger partial charge in [-0.2, -0.15) is 0 Å². The highest BCUT2D eigenvalue weighted by molar-refractivity contribution is 5.56. The molecule has 4 unspecified atom stereocenters. The number of aldehydes is 1. The summed E-state index contributed by atoms with van der Waals surface area (Å²) in [5.41, 5.74) is 0.00322. The summed E-state index contributed by atoms with van der Waals surface area (Å²) in [7, 11) is 0. The lowest BCUT2D eigenvalue weighted by atomic mass is 9.88. The van der Waals surface area contributed by atoms with Crippen LogP contribution in [0.1, 0.15) is 39.5 Å². The van der Waals surface area contributed by atoms with E-state index in [1.807, 2.05) is 0 Å². The van der Waals surface area contributed by atoms with Crippen LogP contribution in [0.15, 0.2) is 0 Å². The van der Waals surface area contributed by atoms with Gasteiger partial charge in [0, 0.05) is 0 Å². The molecule has 1 aliphatic heterocycles. The van der Waals surface area contributed by atoms with Crippen LogP contribution in [0.3, 0.4) is 0 Å². The molecule has 2 heteroatoms. The average Bonchev–Trinajstić information content (AvgIpc) is 2.83. The van der Waals surface area contributed by atoms with Crippen LogP contribution in [0.2, 0.25) is 0 Å². The maximum absolute atomic E-state index is 10.6. The van der Waals surface area contributed by atoms with Crippen LogP contribution >= 0.6 is 0 Å². The fourth-order valence-corrected chi connectivity index (χ4v) is 2.66. The van der Waals surface area contributed by atoms with E-state index in [0.717, 1.165) is 31.5 Å². The number of carbonyl (C=O) groups excluding carboxylic acids is 1. The summed E-state index contributed by atoms with van der Waals surface area (Å²) in [6, 6.07) is 0. The zero-order valence-electron chi connectivity index (χ0n) is 8.45. The normalized spacial score (nSPS) is 50.2. The second-order valence-electron chi connectivity index (χ2n) is 4.82. The van der Waals surface area contributed by atoms with Crippen molar-refractivity contribution in [3.63, 3.8) is 0 Å². The first-order valence-corrected chi connectivity index (χ1v) is 5.29. The molecule has 0 amide bonds. The largest absolute Gasteiger partial charge is 0.364 e. The van der Waals surface area contributed by atoms with Gasteiger partial charge >= 0.3 is 0 Å². The Balaban J connectivity index is 2.01. The maximum atomic E-state index is 10.6. The third-order valence-electron chi connectivity index (χ3n) is 3.63. The van der Waals surface area contributed by atoms with E-state index in [0.29, 0.717) is 5.92 Å². The molecule has 0 aromatic carbocycles. The molecule has 1 heterocycles. The third-order valence-corrected chi connectivity index (χ3v) is 3.63. The molecule has 1 aliphatic carbocycles. The molecule has 4 atom stereocenters. The minimum atomic E-state index is -0.133. The Kier molecular flexibility index (Phi) is 2.18. The van der Waals surface area contributed by atoms with E-state index in [1.54, 1.807) is 0 Å². The van der Waals surface area contributed by atoms with Gasteiger partial charge in [-0.25, -0.2) is 0 Å². The van der Waals surface area contributed by atoms with Crippen molar-refractivity contribution >= 4 is 6.29 Å². The highest BCUT2D eigenvalue weighted by atomic mass is 16.5. The number of hydrogen-bond acceptors (Lipinski definition) is 2. The van der Waals surface area contributed by atoms with Gasteiger partial charge in [-0.1, -0.05) is 6.92 Å². The third kappa shape index (κ3) is 1.64. The Labute approximate surface area is 79.7 Å². The molecule has 1 saturated carbocycles. The van der Waals surface area contributed by atoms with Gasteiger partial charge in [-0.3, -0.25) is 0 Å². The molecule has 2 rings (SSSR count). The maximum Gasteiger partial charge on any atom is 0.148 e. The Hall–Kier alpha value is -0.370. The summed E-state index contributed by atoms with van der Waals surface area (Å²) in [6.07, 6.45) is 5.30. The van der Waals surface area contributed by atoms with E-state index in [4.69, 9.17) is 4.74 Å². The van der Waals surface area contributed by atoms with E-state index in [9.17, 15) is 4.79 Å². The van der Waals surface area contributed by atoms with Crippen molar-refractivity contribution in [1.82, 2.24) is 0 Å². The molecule has 13 heavy (non-hydrogen) atoms. The van der Waals surface area contributed by atoms with Crippen molar-refractivity contribution in [2.75, 3.05) is 0 Å². The molecule has 2 aliphatic rings. The lowest BCUT2D eigenvalue weighted by molar-refractivity contribution is -0.149. The minimum Gasteiger partial charge on any atom is -0.364 e. The quantitative estimate of drug-likeness (QED) is 0.612. The van der Waals surface area contributed by atoms with Gasteiger partial charge in [-0.15, -0.1) is 0 Å². The number of ether oxygens (including phenoxy) is 1. The zero-order chi connectivity index (χ0) is 9.47. The molecular formula is C11H18O2. The van der Waals surface area contributed by atoms with Gasteiger partial charge in [0.25, 0.3) is 0 Å². The van der Waals surface area contributed by atoms with Crippen LogP contribution in [0.4, 0.5) is 0 Å². The van der Waals surface area contributed by atoms with Gasteiger partial charge in [0.2, 0.25) is 0 Å². The van der Waals surface area contributed by atoms with Crippen LogP contribution in [-0.4, -0.2) is 18.0 Å². The van der Waals surface area contributed by atoms with E-state index in [2.05, 4.69) is 13.8 Å². The van der Waals surface area contributed by atoms with Crippen LogP contribution < -0.4 is 0 Å². The van der Waals surface area contributed by atoms with Gasteiger partial charge in [0.15, 0.2) is 0 Å². The summed E-state index contributed by atoms with van der Waals surface area (Å²) in [4.78, 5) is 10.6. The standard InChI is InChI=1S/C11H18O2/c1-8-6-10(8)11(2)5-3-4-9(7-12)13-11/h7-10H,3-6H2,1-2H3. The topological polar surface area (TPSA) is 26.3 Å². The summed E-state index contributed by atoms with van der Waals surface area (Å²) < 4.78 is 5.85. The van der Waals surface area contributed by atoms with Crippen molar-refractivity contribution < 1.29 is 9.53 Å². The molecule has 0 spiro atoms. The summed E-state index contributed by atoms with van der Waals surface area (Å²) in [5.74, 6) is 1.51. The van der Waals surface area contributed by atoms with Crippen molar-refractivity contribution in [2.45, 2.75) is 51.2 Å². The average molecular weight is 182 g/mol. The Morgan fingerprint density at radius 3 is 2.77 bits per heavy atom. The predicted octanol–water partition coefficient (Wildman–Crippen LogP) is 2.17. The molecule has 0 radical (unpaired) electrons. The highest BCUT2D eigenvalue weighted by Crippen LogP contribution is 2.51. The minimum absolute atomic E-state index is 0.00322. The zero-order valence-corrected chi connectivity index (χ0v) is 8.45. The van der Waals surface area contributed by atoms with Crippen molar-refractivity contribution in [1.29, 1.82) is 0 Å². The summed E-state index contributed by atoms with van der Waals surface area (Å²) in [6.45, 7) is 4.45. The molecular weight excluding hydrogens is 164 g/mol. The molecule has 0 bridgehead atoms. The Bertz CT molecular complexity index is 214. The number of hydrogen-bond donors (Lipinski definition) is 0. The van der Waals surface area contributed by atoms with E-state index < -0.39 is 0 Å². The molecule has 0 N–H and O–H groups in total. The molecule has 74 valence electrons.